The molecule has 1 aromatic heterocycles. The Hall–Kier alpha value is -2.11. The summed E-state index contributed by atoms with van der Waals surface area (Å²) < 4.78 is 43.4. The topological polar surface area (TPSA) is 35.0 Å². The number of benzene rings is 1. The molecule has 0 amide bonds. The smallest absolute Gasteiger partial charge is 0.237 e. The van der Waals surface area contributed by atoms with Crippen LogP contribution in [0.1, 0.15) is 0 Å². The molecule has 1 aromatic carbocycles. The van der Waals surface area contributed by atoms with Gasteiger partial charge in [-0.2, -0.15) is 0 Å². The molecule has 0 aliphatic carbocycles. The molecular formula is C10H5F3N2O. The number of rotatable bonds is 2. The van der Waals surface area contributed by atoms with Gasteiger partial charge in [-0.3, -0.25) is 4.98 Å². The van der Waals surface area contributed by atoms with Crippen molar-refractivity contribution >= 4 is 0 Å². The molecule has 0 N–H and O–H groups in total. The van der Waals surface area contributed by atoms with Gasteiger partial charge in [0.1, 0.15) is 0 Å². The maximum atomic E-state index is 13.1. The number of halogens is 3. The van der Waals surface area contributed by atoms with Gasteiger partial charge in [0.15, 0.2) is 23.2 Å². The van der Waals surface area contributed by atoms with E-state index in [0.29, 0.717) is 12.1 Å². The van der Waals surface area contributed by atoms with Crippen molar-refractivity contribution < 1.29 is 17.9 Å². The predicted octanol–water partition coefficient (Wildman–Crippen LogP) is 2.69. The van der Waals surface area contributed by atoms with Crippen LogP contribution >= 0.6 is 0 Å². The Kier molecular flexibility index (Phi) is 2.72. The summed E-state index contributed by atoms with van der Waals surface area (Å²) in [6, 6.07) is 1.01. The van der Waals surface area contributed by atoms with Crippen LogP contribution in [0.4, 0.5) is 13.2 Å². The highest BCUT2D eigenvalue weighted by Crippen LogP contribution is 2.24. The van der Waals surface area contributed by atoms with Crippen molar-refractivity contribution in [2.24, 2.45) is 0 Å². The summed E-state index contributed by atoms with van der Waals surface area (Å²) in [4.78, 5) is 7.37. The fraction of sp³-hybridized carbons (Fsp3) is 0. The van der Waals surface area contributed by atoms with E-state index in [9.17, 15) is 13.2 Å². The van der Waals surface area contributed by atoms with Gasteiger partial charge in [0.25, 0.3) is 0 Å². The molecule has 0 fully saturated rings. The van der Waals surface area contributed by atoms with Crippen molar-refractivity contribution in [3.05, 3.63) is 48.2 Å². The second-order valence-corrected chi connectivity index (χ2v) is 2.84. The third kappa shape index (κ3) is 2.10. The molecule has 0 unspecified atom stereocenters. The molecule has 0 saturated carbocycles. The summed E-state index contributed by atoms with van der Waals surface area (Å²) in [7, 11) is 0. The van der Waals surface area contributed by atoms with Crippen LogP contribution in [0.5, 0.6) is 11.6 Å². The summed E-state index contributed by atoms with van der Waals surface area (Å²) in [5.74, 6) is -3.93. The summed E-state index contributed by atoms with van der Waals surface area (Å²) in [6.45, 7) is 0. The molecule has 0 aliphatic rings. The number of aromatic nitrogens is 2. The molecule has 0 spiro atoms. The molecular weight excluding hydrogens is 221 g/mol. The van der Waals surface area contributed by atoms with E-state index in [-0.39, 0.29) is 5.88 Å². The number of hydrogen-bond donors (Lipinski definition) is 0. The summed E-state index contributed by atoms with van der Waals surface area (Å²) in [6.07, 6.45) is 3.95. The lowest BCUT2D eigenvalue weighted by atomic mass is 10.3. The maximum Gasteiger partial charge on any atom is 0.237 e. The highest BCUT2D eigenvalue weighted by Gasteiger charge is 2.11. The molecule has 0 aliphatic heterocycles. The molecule has 0 saturated heterocycles. The van der Waals surface area contributed by atoms with Crippen molar-refractivity contribution in [2.45, 2.75) is 0 Å². The molecule has 0 radical (unpaired) electrons. The molecule has 1 heterocycles. The van der Waals surface area contributed by atoms with Gasteiger partial charge in [-0.15, -0.1) is 0 Å². The Morgan fingerprint density at radius 3 is 2.38 bits per heavy atom. The zero-order valence-electron chi connectivity index (χ0n) is 7.82. The van der Waals surface area contributed by atoms with Crippen LogP contribution in [0.2, 0.25) is 0 Å². The second-order valence-electron chi connectivity index (χ2n) is 2.84. The van der Waals surface area contributed by atoms with Crippen molar-refractivity contribution in [2.75, 3.05) is 0 Å². The summed E-state index contributed by atoms with van der Waals surface area (Å²) in [5, 5.41) is 0. The van der Waals surface area contributed by atoms with Gasteiger partial charge in [-0.1, -0.05) is 0 Å². The van der Waals surface area contributed by atoms with Crippen molar-refractivity contribution in [1.82, 2.24) is 9.97 Å². The van der Waals surface area contributed by atoms with Gasteiger partial charge in [0, 0.05) is 24.5 Å². The summed E-state index contributed by atoms with van der Waals surface area (Å²) in [5.41, 5.74) is 0. The lowest BCUT2D eigenvalue weighted by Gasteiger charge is -2.05. The van der Waals surface area contributed by atoms with Crippen molar-refractivity contribution in [3.8, 4) is 11.6 Å². The monoisotopic (exact) mass is 226 g/mol. The fourth-order valence-corrected chi connectivity index (χ4v) is 1.03. The Morgan fingerprint density at radius 1 is 0.938 bits per heavy atom. The highest BCUT2D eigenvalue weighted by molar-refractivity contribution is 5.29. The van der Waals surface area contributed by atoms with Crippen molar-refractivity contribution in [3.63, 3.8) is 0 Å². The quantitative estimate of drug-likeness (QED) is 0.738. The zero-order valence-corrected chi connectivity index (χ0v) is 7.82. The Bertz CT molecular complexity index is 505. The molecule has 6 heteroatoms. The predicted molar refractivity (Wildman–Crippen MR) is 48.4 cm³/mol. The van der Waals surface area contributed by atoms with E-state index in [1.165, 1.54) is 18.6 Å². The van der Waals surface area contributed by atoms with Gasteiger partial charge < -0.3 is 4.74 Å². The van der Waals surface area contributed by atoms with E-state index in [1.54, 1.807) is 0 Å². The largest absolute Gasteiger partial charge is 0.434 e. The van der Waals surface area contributed by atoms with Crippen LogP contribution in [0.15, 0.2) is 30.7 Å². The average Bonchev–Trinajstić information content (AvgIpc) is 2.27. The van der Waals surface area contributed by atoms with Gasteiger partial charge in [-0.05, 0) is 0 Å². The van der Waals surface area contributed by atoms with E-state index >= 15 is 0 Å². The molecule has 16 heavy (non-hydrogen) atoms. The standard InChI is InChI=1S/C10H5F3N2O/c11-6-3-8(13)9(4-7(6)12)16-10-5-14-1-2-15-10/h1-5H. The lowest BCUT2D eigenvalue weighted by molar-refractivity contribution is 0.409. The first kappa shape index (κ1) is 10.4. The van der Waals surface area contributed by atoms with Gasteiger partial charge >= 0.3 is 0 Å². The van der Waals surface area contributed by atoms with E-state index in [1.807, 2.05) is 0 Å². The molecule has 3 nitrogen and oxygen atoms in total. The third-order valence-electron chi connectivity index (χ3n) is 1.73. The maximum absolute atomic E-state index is 13.1. The molecule has 0 bridgehead atoms. The number of hydrogen-bond acceptors (Lipinski definition) is 3. The minimum Gasteiger partial charge on any atom is -0.434 e. The molecule has 2 aromatic rings. The third-order valence-corrected chi connectivity index (χ3v) is 1.73. The van der Waals surface area contributed by atoms with E-state index in [0.717, 1.165) is 0 Å². The second kappa shape index (κ2) is 4.18. The van der Waals surface area contributed by atoms with E-state index in [2.05, 4.69) is 9.97 Å². The summed E-state index contributed by atoms with van der Waals surface area (Å²) >= 11 is 0. The Morgan fingerprint density at radius 2 is 1.69 bits per heavy atom. The van der Waals surface area contributed by atoms with Gasteiger partial charge in [-0.25, -0.2) is 18.2 Å². The van der Waals surface area contributed by atoms with E-state index < -0.39 is 23.2 Å². The van der Waals surface area contributed by atoms with Crippen molar-refractivity contribution in [1.29, 1.82) is 0 Å². The minimum absolute atomic E-state index is 0.00703. The van der Waals surface area contributed by atoms with Gasteiger partial charge in [0.05, 0.1) is 6.20 Å². The number of ether oxygens (including phenoxy) is 1. The lowest BCUT2D eigenvalue weighted by Crippen LogP contribution is -1.94. The number of nitrogens with zero attached hydrogens (tertiary/aromatic N) is 2. The van der Waals surface area contributed by atoms with Crippen LogP contribution in [-0.4, -0.2) is 9.97 Å². The highest BCUT2D eigenvalue weighted by atomic mass is 19.2. The zero-order chi connectivity index (χ0) is 11.5. The molecule has 82 valence electrons. The van der Waals surface area contributed by atoms with Crippen LogP contribution in [-0.2, 0) is 0 Å². The first-order valence-electron chi connectivity index (χ1n) is 4.25. The van der Waals surface area contributed by atoms with Crippen LogP contribution in [0, 0.1) is 17.5 Å². The first-order valence-corrected chi connectivity index (χ1v) is 4.25. The van der Waals surface area contributed by atoms with Crippen LogP contribution < -0.4 is 4.74 Å². The fourth-order valence-electron chi connectivity index (χ4n) is 1.03. The van der Waals surface area contributed by atoms with Crippen LogP contribution in [0.25, 0.3) is 0 Å². The van der Waals surface area contributed by atoms with Gasteiger partial charge in [0.2, 0.25) is 5.88 Å². The molecule has 2 rings (SSSR count). The minimum atomic E-state index is -1.27. The molecule has 0 atom stereocenters. The Labute approximate surface area is 88.5 Å². The normalized spacial score (nSPS) is 10.2. The average molecular weight is 226 g/mol. The van der Waals surface area contributed by atoms with E-state index in [4.69, 9.17) is 4.74 Å². The Balaban J connectivity index is 2.32. The SMILES string of the molecule is Fc1cc(F)c(Oc2cnccn2)cc1F. The van der Waals surface area contributed by atoms with Crippen LogP contribution in [0.3, 0.4) is 0 Å². The first-order chi connectivity index (χ1) is 7.66.